The summed E-state index contributed by atoms with van der Waals surface area (Å²) in [6.45, 7) is 3.32. The molecule has 0 heterocycles. The summed E-state index contributed by atoms with van der Waals surface area (Å²) in [5.41, 5.74) is 1.74. The van der Waals surface area contributed by atoms with Gasteiger partial charge in [-0.1, -0.05) is 103 Å². The lowest BCUT2D eigenvalue weighted by atomic mass is 10.0. The number of nitrogens with zero attached hydrogens (tertiary/aromatic N) is 2. The van der Waals surface area contributed by atoms with E-state index >= 15 is 0 Å². The third kappa shape index (κ3) is 8.40. The van der Waals surface area contributed by atoms with E-state index in [1.807, 2.05) is 44.2 Å². The first-order chi connectivity index (χ1) is 21.1. The van der Waals surface area contributed by atoms with Crippen LogP contribution in [-0.2, 0) is 32.6 Å². The Morgan fingerprint density at radius 1 is 0.795 bits per heavy atom. The smallest absolute Gasteiger partial charge is 0.264 e. The van der Waals surface area contributed by atoms with Crippen molar-refractivity contribution in [2.24, 2.45) is 0 Å². The minimum absolute atomic E-state index is 0.00678. The first-order valence-corrected chi connectivity index (χ1v) is 16.5. The Bertz CT molecular complexity index is 1650. The van der Waals surface area contributed by atoms with Crippen LogP contribution in [0.3, 0.4) is 0 Å². The molecule has 44 heavy (non-hydrogen) atoms. The fourth-order valence-electron chi connectivity index (χ4n) is 4.67. The molecule has 4 aromatic carbocycles. The van der Waals surface area contributed by atoms with E-state index in [1.165, 1.54) is 17.0 Å². The molecule has 4 rings (SSSR count). The highest BCUT2D eigenvalue weighted by atomic mass is 35.5. The summed E-state index contributed by atoms with van der Waals surface area (Å²) >= 11 is 12.6. The lowest BCUT2D eigenvalue weighted by Gasteiger charge is -2.34. The van der Waals surface area contributed by atoms with Gasteiger partial charge in [-0.2, -0.15) is 0 Å². The molecule has 10 heteroatoms. The third-order valence-electron chi connectivity index (χ3n) is 7.27. The van der Waals surface area contributed by atoms with Crippen molar-refractivity contribution >= 4 is 50.7 Å². The Balaban J connectivity index is 1.81. The molecule has 0 aromatic heterocycles. The van der Waals surface area contributed by atoms with Gasteiger partial charge in [-0.3, -0.25) is 13.9 Å². The number of anilines is 1. The second kappa shape index (κ2) is 15.2. The van der Waals surface area contributed by atoms with Gasteiger partial charge >= 0.3 is 0 Å². The van der Waals surface area contributed by atoms with Gasteiger partial charge in [0.05, 0.1) is 15.6 Å². The first-order valence-electron chi connectivity index (χ1n) is 14.3. The lowest BCUT2D eigenvalue weighted by Crippen LogP contribution is -2.54. The zero-order chi connectivity index (χ0) is 31.7. The summed E-state index contributed by atoms with van der Waals surface area (Å²) in [4.78, 5) is 29.8. The average Bonchev–Trinajstić information content (AvgIpc) is 3.03. The van der Waals surface area contributed by atoms with E-state index in [9.17, 15) is 18.0 Å². The van der Waals surface area contributed by atoms with Crippen molar-refractivity contribution in [3.63, 3.8) is 0 Å². The number of hydrogen-bond acceptors (Lipinski definition) is 4. The fourth-order valence-corrected chi connectivity index (χ4v) is 6.54. The van der Waals surface area contributed by atoms with Crippen molar-refractivity contribution in [1.82, 2.24) is 10.2 Å². The summed E-state index contributed by atoms with van der Waals surface area (Å²) in [7, 11) is -4.23. The first kappa shape index (κ1) is 33.1. The lowest BCUT2D eigenvalue weighted by molar-refractivity contribution is -0.140. The number of para-hydroxylation sites is 1. The van der Waals surface area contributed by atoms with Gasteiger partial charge in [0, 0.05) is 24.0 Å². The van der Waals surface area contributed by atoms with Crippen molar-refractivity contribution < 1.29 is 18.0 Å². The number of sulfonamides is 1. The van der Waals surface area contributed by atoms with Gasteiger partial charge < -0.3 is 10.2 Å². The molecule has 7 nitrogen and oxygen atoms in total. The van der Waals surface area contributed by atoms with Gasteiger partial charge in [0.15, 0.2) is 0 Å². The number of rotatable bonds is 13. The Morgan fingerprint density at radius 2 is 1.39 bits per heavy atom. The maximum atomic E-state index is 14.4. The molecule has 0 bridgehead atoms. The Hall–Kier alpha value is -3.85. The number of halogens is 2. The van der Waals surface area contributed by atoms with E-state index < -0.39 is 28.5 Å². The molecule has 0 saturated heterocycles. The molecule has 2 unspecified atom stereocenters. The fraction of sp³-hybridized carbons (Fsp3) is 0.235. The van der Waals surface area contributed by atoms with E-state index in [4.69, 9.17) is 23.2 Å². The number of hydrogen-bond donors (Lipinski definition) is 1. The summed E-state index contributed by atoms with van der Waals surface area (Å²) in [6, 6.07) is 29.6. The van der Waals surface area contributed by atoms with E-state index in [0.717, 1.165) is 15.4 Å². The van der Waals surface area contributed by atoms with E-state index in [2.05, 4.69) is 5.32 Å². The standard InChI is InChI=1S/C34H35Cl2N3O4S/c1-3-25(2)37-34(41)32(22-26-12-6-4-7-13-26)38(23-27-18-20-28(35)21-19-27)33(40)24-39(31-17-11-10-16-30(31)36)44(42,43)29-14-8-5-9-15-29/h4-21,25,32H,3,22-24H2,1-2H3,(H,37,41). The SMILES string of the molecule is CCC(C)NC(=O)C(Cc1ccccc1)N(Cc1ccc(Cl)cc1)C(=O)CN(c1ccccc1Cl)S(=O)(=O)c1ccccc1. The zero-order valence-corrected chi connectivity index (χ0v) is 26.9. The van der Waals surface area contributed by atoms with E-state index in [1.54, 1.807) is 66.7 Å². The van der Waals surface area contributed by atoms with Crippen LogP contribution in [0.25, 0.3) is 0 Å². The summed E-state index contributed by atoms with van der Waals surface area (Å²) < 4.78 is 29.0. The van der Waals surface area contributed by atoms with Crippen molar-refractivity contribution in [1.29, 1.82) is 0 Å². The molecule has 2 amide bonds. The molecule has 0 fully saturated rings. The topological polar surface area (TPSA) is 86.8 Å². The van der Waals surface area contributed by atoms with Crippen molar-refractivity contribution in [3.05, 3.63) is 130 Å². The molecular formula is C34H35Cl2N3O4S. The van der Waals surface area contributed by atoms with Crippen LogP contribution in [-0.4, -0.2) is 43.8 Å². The largest absolute Gasteiger partial charge is 0.352 e. The minimum Gasteiger partial charge on any atom is -0.352 e. The molecule has 0 aliphatic rings. The minimum atomic E-state index is -4.23. The number of amides is 2. The van der Waals surface area contributed by atoms with E-state index in [0.29, 0.717) is 11.4 Å². The van der Waals surface area contributed by atoms with Crippen LogP contribution in [0.4, 0.5) is 5.69 Å². The van der Waals surface area contributed by atoms with Crippen molar-refractivity contribution in [2.45, 2.75) is 50.2 Å². The number of nitrogens with one attached hydrogen (secondary N) is 1. The highest BCUT2D eigenvalue weighted by Gasteiger charge is 2.35. The second-order valence-electron chi connectivity index (χ2n) is 10.4. The molecule has 230 valence electrons. The van der Waals surface area contributed by atoms with Gasteiger partial charge in [0.1, 0.15) is 12.6 Å². The number of carbonyl (C=O) groups excluding carboxylic acids is 2. The molecule has 0 spiro atoms. The van der Waals surface area contributed by atoms with Gasteiger partial charge in [-0.05, 0) is 60.9 Å². The molecule has 0 radical (unpaired) electrons. The van der Waals surface area contributed by atoms with Crippen LogP contribution in [0.5, 0.6) is 0 Å². The Morgan fingerprint density at radius 3 is 2.00 bits per heavy atom. The van der Waals surface area contributed by atoms with Gasteiger partial charge in [-0.15, -0.1) is 0 Å². The van der Waals surface area contributed by atoms with E-state index in [-0.39, 0.29) is 40.5 Å². The van der Waals surface area contributed by atoms with Gasteiger partial charge in [0.25, 0.3) is 10.0 Å². The van der Waals surface area contributed by atoms with Crippen molar-refractivity contribution in [2.75, 3.05) is 10.8 Å². The van der Waals surface area contributed by atoms with Crippen LogP contribution in [0, 0.1) is 0 Å². The maximum absolute atomic E-state index is 14.4. The molecule has 0 aliphatic carbocycles. The summed E-state index contributed by atoms with van der Waals surface area (Å²) in [5.74, 6) is -0.902. The predicted octanol–water partition coefficient (Wildman–Crippen LogP) is 6.74. The predicted molar refractivity (Wildman–Crippen MR) is 176 cm³/mol. The maximum Gasteiger partial charge on any atom is 0.264 e. The number of carbonyl (C=O) groups is 2. The Labute approximate surface area is 269 Å². The van der Waals surface area contributed by atoms with Crippen LogP contribution >= 0.6 is 23.2 Å². The highest BCUT2D eigenvalue weighted by Crippen LogP contribution is 2.31. The summed E-state index contributed by atoms with van der Waals surface area (Å²) in [6.07, 6.45) is 0.921. The van der Waals surface area contributed by atoms with Gasteiger partial charge in [-0.25, -0.2) is 8.42 Å². The quantitative estimate of drug-likeness (QED) is 0.173. The third-order valence-corrected chi connectivity index (χ3v) is 9.62. The zero-order valence-electron chi connectivity index (χ0n) is 24.6. The van der Waals surface area contributed by atoms with Crippen LogP contribution < -0.4 is 9.62 Å². The monoisotopic (exact) mass is 651 g/mol. The second-order valence-corrected chi connectivity index (χ2v) is 13.2. The van der Waals surface area contributed by atoms with Crippen LogP contribution in [0.15, 0.2) is 114 Å². The number of benzene rings is 4. The average molecular weight is 653 g/mol. The molecular weight excluding hydrogens is 617 g/mol. The highest BCUT2D eigenvalue weighted by molar-refractivity contribution is 7.92. The van der Waals surface area contributed by atoms with Gasteiger partial charge in [0.2, 0.25) is 11.8 Å². The molecule has 2 atom stereocenters. The molecule has 0 aliphatic heterocycles. The van der Waals surface area contributed by atoms with Crippen molar-refractivity contribution in [3.8, 4) is 0 Å². The molecule has 0 saturated carbocycles. The molecule has 1 N–H and O–H groups in total. The summed E-state index contributed by atoms with van der Waals surface area (Å²) in [5, 5.41) is 3.72. The van der Waals surface area contributed by atoms with Crippen LogP contribution in [0.2, 0.25) is 10.0 Å². The normalized spacial score (nSPS) is 12.6. The van der Waals surface area contributed by atoms with Crippen LogP contribution in [0.1, 0.15) is 31.4 Å². The Kier molecular flexibility index (Phi) is 11.4. The molecule has 4 aromatic rings.